The lowest BCUT2D eigenvalue weighted by atomic mass is 9.95. The molecule has 0 saturated heterocycles. The van der Waals surface area contributed by atoms with E-state index in [1.54, 1.807) is 6.92 Å². The second-order valence-corrected chi connectivity index (χ2v) is 6.49. The quantitative estimate of drug-likeness (QED) is 0.799. The number of nitrogens with one attached hydrogen (secondary N) is 2. The van der Waals surface area contributed by atoms with Crippen molar-refractivity contribution in [3.63, 3.8) is 0 Å². The van der Waals surface area contributed by atoms with Gasteiger partial charge in [-0.2, -0.15) is 0 Å². The third-order valence-electron chi connectivity index (χ3n) is 4.60. The first-order valence-electron chi connectivity index (χ1n) is 8.71. The van der Waals surface area contributed by atoms with E-state index in [4.69, 9.17) is 4.74 Å². The van der Waals surface area contributed by atoms with Crippen LogP contribution in [0.25, 0.3) is 0 Å². The molecule has 0 radical (unpaired) electrons. The van der Waals surface area contributed by atoms with Gasteiger partial charge in [-0.05, 0) is 30.2 Å². The van der Waals surface area contributed by atoms with Crippen molar-refractivity contribution in [3.05, 3.63) is 77.0 Å². The van der Waals surface area contributed by atoms with E-state index >= 15 is 0 Å². The van der Waals surface area contributed by atoms with Gasteiger partial charge >= 0.3 is 12.0 Å². The van der Waals surface area contributed by atoms with Gasteiger partial charge in [0, 0.05) is 25.0 Å². The minimum absolute atomic E-state index is 0.338. The zero-order chi connectivity index (χ0) is 19.4. The van der Waals surface area contributed by atoms with Gasteiger partial charge in [-0.15, -0.1) is 0 Å². The molecule has 140 valence electrons. The number of nitrogens with zero attached hydrogens (tertiary/aromatic N) is 1. The average molecular weight is 365 g/mol. The number of methoxy groups -OCH3 is 1. The summed E-state index contributed by atoms with van der Waals surface area (Å²) in [5.74, 6) is -0.463. The maximum absolute atomic E-state index is 12.2. The van der Waals surface area contributed by atoms with Gasteiger partial charge in [-0.25, -0.2) is 9.59 Å². The number of hydrogen-bond acceptors (Lipinski definition) is 4. The van der Waals surface area contributed by atoms with Gasteiger partial charge in [0.2, 0.25) is 0 Å². The summed E-state index contributed by atoms with van der Waals surface area (Å²) in [5, 5.41) is 5.42. The number of allylic oxidation sites excluding steroid dienone is 1. The Morgan fingerprint density at radius 1 is 1.11 bits per heavy atom. The summed E-state index contributed by atoms with van der Waals surface area (Å²) in [7, 11) is 3.36. The highest BCUT2D eigenvalue weighted by Crippen LogP contribution is 2.29. The Balaban J connectivity index is 1.82. The van der Waals surface area contributed by atoms with E-state index in [0.717, 1.165) is 17.8 Å². The molecule has 2 N–H and O–H groups in total. The van der Waals surface area contributed by atoms with Gasteiger partial charge in [-0.3, -0.25) is 0 Å². The summed E-state index contributed by atoms with van der Waals surface area (Å²) in [6.07, 6.45) is 0. The van der Waals surface area contributed by atoms with Crippen LogP contribution in [0.2, 0.25) is 0 Å². The highest BCUT2D eigenvalue weighted by atomic mass is 16.5. The number of carbonyl (C=O) groups excluding carboxylic acids is 2. The molecule has 1 unspecified atom stereocenters. The summed E-state index contributed by atoms with van der Waals surface area (Å²) in [6.45, 7) is 2.48. The summed E-state index contributed by atoms with van der Waals surface area (Å²) >= 11 is 0. The zero-order valence-electron chi connectivity index (χ0n) is 15.7. The van der Waals surface area contributed by atoms with E-state index in [-0.39, 0.29) is 6.03 Å². The average Bonchev–Trinajstić information content (AvgIpc) is 2.67. The van der Waals surface area contributed by atoms with Gasteiger partial charge in [-0.1, -0.05) is 42.5 Å². The summed E-state index contributed by atoms with van der Waals surface area (Å²) in [4.78, 5) is 26.2. The number of esters is 1. The van der Waals surface area contributed by atoms with Crippen molar-refractivity contribution < 1.29 is 14.3 Å². The SMILES string of the molecule is COC(=O)C1=C(C)NC(=O)NC1c1ccc(N(C)Cc2ccccc2)cc1. The van der Waals surface area contributed by atoms with Crippen molar-refractivity contribution in [1.82, 2.24) is 10.6 Å². The van der Waals surface area contributed by atoms with Crippen molar-refractivity contribution in [3.8, 4) is 0 Å². The smallest absolute Gasteiger partial charge is 0.337 e. The van der Waals surface area contributed by atoms with Gasteiger partial charge in [0.05, 0.1) is 18.7 Å². The fourth-order valence-corrected chi connectivity index (χ4v) is 3.19. The maximum atomic E-state index is 12.2. The van der Waals surface area contributed by atoms with Crippen LogP contribution >= 0.6 is 0 Å². The lowest BCUT2D eigenvalue weighted by molar-refractivity contribution is -0.136. The largest absolute Gasteiger partial charge is 0.466 e. The predicted octanol–water partition coefficient (Wildman–Crippen LogP) is 3.12. The van der Waals surface area contributed by atoms with E-state index in [9.17, 15) is 9.59 Å². The molecule has 3 rings (SSSR count). The Kier molecular flexibility index (Phi) is 5.45. The van der Waals surface area contributed by atoms with Crippen molar-refractivity contribution in [2.45, 2.75) is 19.5 Å². The molecular formula is C21H23N3O3. The van der Waals surface area contributed by atoms with E-state index in [1.165, 1.54) is 12.7 Å². The second kappa shape index (κ2) is 7.95. The summed E-state index contributed by atoms with van der Waals surface area (Å²) in [5.41, 5.74) is 3.99. The summed E-state index contributed by atoms with van der Waals surface area (Å²) < 4.78 is 4.88. The second-order valence-electron chi connectivity index (χ2n) is 6.49. The lowest BCUT2D eigenvalue weighted by Crippen LogP contribution is -2.45. The van der Waals surface area contributed by atoms with Gasteiger partial charge in [0.1, 0.15) is 0 Å². The molecular weight excluding hydrogens is 342 g/mol. The van der Waals surface area contributed by atoms with Crippen LogP contribution in [0.5, 0.6) is 0 Å². The Labute approximate surface area is 158 Å². The van der Waals surface area contributed by atoms with Crippen LogP contribution in [0.1, 0.15) is 24.1 Å². The molecule has 2 aromatic carbocycles. The Morgan fingerprint density at radius 3 is 2.41 bits per heavy atom. The van der Waals surface area contributed by atoms with Crippen molar-refractivity contribution in [2.75, 3.05) is 19.1 Å². The number of ether oxygens (including phenoxy) is 1. The molecule has 0 aromatic heterocycles. The van der Waals surface area contributed by atoms with E-state index in [2.05, 4.69) is 27.7 Å². The number of hydrogen-bond donors (Lipinski definition) is 2. The molecule has 1 aliphatic rings. The van der Waals surface area contributed by atoms with Gasteiger partial charge < -0.3 is 20.3 Å². The molecule has 0 saturated carbocycles. The van der Waals surface area contributed by atoms with Crippen molar-refractivity contribution >= 4 is 17.7 Å². The molecule has 0 fully saturated rings. The third-order valence-corrected chi connectivity index (χ3v) is 4.60. The van der Waals surface area contributed by atoms with Crippen LogP contribution in [0.4, 0.5) is 10.5 Å². The van der Waals surface area contributed by atoms with Crippen LogP contribution in [0.15, 0.2) is 65.9 Å². The van der Waals surface area contributed by atoms with Gasteiger partial charge in [0.25, 0.3) is 0 Å². The van der Waals surface area contributed by atoms with E-state index in [1.807, 2.05) is 49.5 Å². The first-order chi connectivity index (χ1) is 13.0. The molecule has 6 heteroatoms. The molecule has 1 heterocycles. The number of amides is 2. The highest BCUT2D eigenvalue weighted by Gasteiger charge is 2.31. The fraction of sp³-hybridized carbons (Fsp3) is 0.238. The van der Waals surface area contributed by atoms with E-state index in [0.29, 0.717) is 11.3 Å². The summed E-state index contributed by atoms with van der Waals surface area (Å²) in [6, 6.07) is 17.1. The molecule has 0 spiro atoms. The van der Waals surface area contributed by atoms with Crippen LogP contribution in [-0.4, -0.2) is 26.2 Å². The molecule has 2 aromatic rings. The third kappa shape index (κ3) is 4.11. The Hall–Kier alpha value is -3.28. The van der Waals surface area contributed by atoms with Crippen LogP contribution in [0.3, 0.4) is 0 Å². The van der Waals surface area contributed by atoms with Crippen LogP contribution in [-0.2, 0) is 16.1 Å². The Morgan fingerprint density at radius 2 is 1.78 bits per heavy atom. The highest BCUT2D eigenvalue weighted by molar-refractivity contribution is 5.94. The monoisotopic (exact) mass is 365 g/mol. The molecule has 2 amide bonds. The number of urea groups is 1. The fourth-order valence-electron chi connectivity index (χ4n) is 3.19. The number of rotatable bonds is 5. The maximum Gasteiger partial charge on any atom is 0.337 e. The first-order valence-corrected chi connectivity index (χ1v) is 8.71. The number of carbonyl (C=O) groups is 2. The van der Waals surface area contributed by atoms with E-state index < -0.39 is 12.0 Å². The normalized spacial score (nSPS) is 16.4. The standard InChI is InChI=1S/C21H23N3O3/c1-14-18(20(25)27-3)19(23-21(26)22-14)16-9-11-17(12-10-16)24(2)13-15-7-5-4-6-8-15/h4-12,19H,13H2,1-3H3,(H2,22,23,26). The topological polar surface area (TPSA) is 70.7 Å². The minimum atomic E-state index is -0.542. The Bertz CT molecular complexity index is 860. The van der Waals surface area contributed by atoms with Crippen molar-refractivity contribution in [2.24, 2.45) is 0 Å². The zero-order valence-corrected chi connectivity index (χ0v) is 15.7. The molecule has 0 aliphatic carbocycles. The molecule has 27 heavy (non-hydrogen) atoms. The van der Waals surface area contributed by atoms with Crippen LogP contribution in [0, 0.1) is 0 Å². The van der Waals surface area contributed by atoms with Crippen LogP contribution < -0.4 is 15.5 Å². The number of anilines is 1. The minimum Gasteiger partial charge on any atom is -0.466 e. The first kappa shape index (κ1) is 18.5. The predicted molar refractivity (Wildman–Crippen MR) is 104 cm³/mol. The van der Waals surface area contributed by atoms with Crippen molar-refractivity contribution in [1.29, 1.82) is 0 Å². The lowest BCUT2D eigenvalue weighted by Gasteiger charge is -2.28. The van der Waals surface area contributed by atoms with Gasteiger partial charge in [0.15, 0.2) is 0 Å². The molecule has 1 atom stereocenters. The molecule has 1 aliphatic heterocycles. The molecule has 0 bridgehead atoms. The molecule has 6 nitrogen and oxygen atoms in total. The number of benzene rings is 2.